The fraction of sp³-hybridized carbons (Fsp3) is 0. The van der Waals surface area contributed by atoms with Crippen molar-refractivity contribution in [1.29, 1.82) is 0 Å². The van der Waals surface area contributed by atoms with Crippen molar-refractivity contribution in [2.75, 3.05) is 0 Å². The number of fused-ring (bicyclic) bond motifs is 1. The van der Waals surface area contributed by atoms with E-state index in [1.807, 2.05) is 0 Å². The summed E-state index contributed by atoms with van der Waals surface area (Å²) in [7, 11) is 0. The van der Waals surface area contributed by atoms with Gasteiger partial charge in [0.15, 0.2) is 0 Å². The van der Waals surface area contributed by atoms with Gasteiger partial charge in [0.25, 0.3) is 11.8 Å². The number of nitrogens with zero attached hydrogens (tertiary/aromatic N) is 2. The van der Waals surface area contributed by atoms with Crippen LogP contribution in [-0.4, -0.2) is 27.8 Å². The average molecular weight is 360 g/mol. The van der Waals surface area contributed by atoms with E-state index in [0.29, 0.717) is 16.7 Å². The lowest BCUT2D eigenvalue weighted by Gasteiger charge is -2.13. The fourth-order valence-electron chi connectivity index (χ4n) is 2.60. The Morgan fingerprint density at radius 1 is 0.852 bits per heavy atom. The van der Waals surface area contributed by atoms with Gasteiger partial charge in [0.1, 0.15) is 5.75 Å². The van der Waals surface area contributed by atoms with Crippen LogP contribution in [0.1, 0.15) is 31.1 Å². The minimum atomic E-state index is -0.851. The number of rotatable bonds is 4. The molecule has 0 spiro atoms. The van der Waals surface area contributed by atoms with Crippen molar-refractivity contribution in [3.8, 4) is 11.6 Å². The van der Waals surface area contributed by atoms with Gasteiger partial charge in [-0.2, -0.15) is 0 Å². The van der Waals surface area contributed by atoms with Gasteiger partial charge in [-0.3, -0.25) is 9.59 Å². The topological polar surface area (TPSA) is 85.8 Å². The molecule has 2 amide bonds. The van der Waals surface area contributed by atoms with Crippen LogP contribution in [0, 0.1) is 0 Å². The molecule has 132 valence electrons. The first-order valence-corrected chi connectivity index (χ1v) is 8.02. The molecule has 0 aliphatic carbocycles. The van der Waals surface area contributed by atoms with Crippen LogP contribution >= 0.6 is 0 Å². The molecule has 0 bridgehead atoms. The molecule has 1 aliphatic rings. The van der Waals surface area contributed by atoms with Gasteiger partial charge in [0.2, 0.25) is 5.88 Å². The van der Waals surface area contributed by atoms with E-state index in [1.54, 1.807) is 48.7 Å². The zero-order valence-electron chi connectivity index (χ0n) is 13.9. The number of hydrogen-bond acceptors (Lipinski definition) is 6. The lowest BCUT2D eigenvalue weighted by molar-refractivity contribution is -0.0584. The van der Waals surface area contributed by atoms with Gasteiger partial charge in [0, 0.05) is 12.3 Å². The molecule has 2 heterocycles. The van der Waals surface area contributed by atoms with Crippen molar-refractivity contribution < 1.29 is 24.0 Å². The van der Waals surface area contributed by atoms with E-state index in [9.17, 15) is 14.4 Å². The number of ether oxygens (including phenoxy) is 1. The van der Waals surface area contributed by atoms with Crippen molar-refractivity contribution in [2.45, 2.75) is 0 Å². The Labute approximate surface area is 153 Å². The van der Waals surface area contributed by atoms with Gasteiger partial charge in [-0.1, -0.05) is 29.3 Å². The van der Waals surface area contributed by atoms with Crippen LogP contribution in [0.15, 0.2) is 72.9 Å². The molecule has 0 N–H and O–H groups in total. The molecule has 1 aliphatic heterocycles. The van der Waals surface area contributed by atoms with Gasteiger partial charge in [-0.25, -0.2) is 9.78 Å². The molecule has 4 rings (SSSR count). The van der Waals surface area contributed by atoms with Crippen molar-refractivity contribution in [3.05, 3.63) is 89.6 Å². The van der Waals surface area contributed by atoms with Crippen molar-refractivity contribution in [1.82, 2.24) is 10.0 Å². The first kappa shape index (κ1) is 16.5. The maximum atomic E-state index is 12.4. The minimum Gasteiger partial charge on any atom is -0.439 e. The number of benzene rings is 2. The smallest absolute Gasteiger partial charge is 0.364 e. The molecule has 0 saturated heterocycles. The number of pyridine rings is 1. The highest BCUT2D eigenvalue weighted by Crippen LogP contribution is 2.24. The maximum absolute atomic E-state index is 12.4. The second-order valence-corrected chi connectivity index (χ2v) is 5.63. The summed E-state index contributed by atoms with van der Waals surface area (Å²) < 4.78 is 5.57. The number of amides is 2. The largest absolute Gasteiger partial charge is 0.439 e. The molecular weight excluding hydrogens is 348 g/mol. The molecule has 0 fully saturated rings. The summed E-state index contributed by atoms with van der Waals surface area (Å²) in [5.41, 5.74) is 0.519. The molecule has 0 radical (unpaired) electrons. The van der Waals surface area contributed by atoms with E-state index in [-0.39, 0.29) is 16.7 Å². The van der Waals surface area contributed by atoms with Crippen LogP contribution in [0.25, 0.3) is 0 Å². The average Bonchev–Trinajstić information content (AvgIpc) is 2.94. The normalized spacial score (nSPS) is 12.7. The third kappa shape index (κ3) is 3.13. The van der Waals surface area contributed by atoms with Gasteiger partial charge in [-0.05, 0) is 36.4 Å². The molecule has 2 aromatic carbocycles. The predicted octanol–water partition coefficient (Wildman–Crippen LogP) is 3.24. The number of carbonyl (C=O) groups is 3. The standard InChI is InChI=1S/C20H12N2O5/c23-18-15-8-1-2-9-16(15)19(24)22(18)27-20(25)13-6-5-7-14(12-13)26-17-10-3-4-11-21-17/h1-12H. The highest BCUT2D eigenvalue weighted by Gasteiger charge is 2.38. The number of hydroxylamine groups is 2. The van der Waals surface area contributed by atoms with Gasteiger partial charge in [-0.15, -0.1) is 0 Å². The number of hydrogen-bond donors (Lipinski definition) is 0. The molecule has 1 aromatic heterocycles. The van der Waals surface area contributed by atoms with Crippen molar-refractivity contribution >= 4 is 17.8 Å². The Morgan fingerprint density at radius 2 is 1.56 bits per heavy atom. The van der Waals surface area contributed by atoms with Gasteiger partial charge < -0.3 is 9.57 Å². The second-order valence-electron chi connectivity index (χ2n) is 5.63. The SMILES string of the molecule is O=C(ON1C(=O)c2ccccc2C1=O)c1cccc(Oc2ccccn2)c1. The van der Waals surface area contributed by atoms with Crippen LogP contribution < -0.4 is 4.74 Å². The Balaban J connectivity index is 1.52. The van der Waals surface area contributed by atoms with Crippen molar-refractivity contribution in [3.63, 3.8) is 0 Å². The quantitative estimate of drug-likeness (QED) is 0.664. The van der Waals surface area contributed by atoms with E-state index >= 15 is 0 Å². The third-order valence-electron chi connectivity index (χ3n) is 3.86. The molecular formula is C20H12N2O5. The Hall–Kier alpha value is -4.00. The highest BCUT2D eigenvalue weighted by molar-refractivity contribution is 6.21. The summed E-state index contributed by atoms with van der Waals surface area (Å²) in [6, 6.07) is 17.6. The lowest BCUT2D eigenvalue weighted by atomic mass is 10.1. The lowest BCUT2D eigenvalue weighted by Crippen LogP contribution is -2.32. The number of imide groups is 1. The van der Waals surface area contributed by atoms with Crippen LogP contribution in [-0.2, 0) is 4.84 Å². The molecule has 0 atom stereocenters. The zero-order chi connectivity index (χ0) is 18.8. The first-order chi connectivity index (χ1) is 13.1. The fourth-order valence-corrected chi connectivity index (χ4v) is 2.60. The van der Waals surface area contributed by atoms with Crippen LogP contribution in [0.2, 0.25) is 0 Å². The first-order valence-electron chi connectivity index (χ1n) is 8.02. The van der Waals surface area contributed by atoms with Gasteiger partial charge in [0.05, 0.1) is 16.7 Å². The van der Waals surface area contributed by atoms with Crippen LogP contribution in [0.5, 0.6) is 11.6 Å². The third-order valence-corrected chi connectivity index (χ3v) is 3.86. The second kappa shape index (κ2) is 6.72. The summed E-state index contributed by atoms with van der Waals surface area (Å²) >= 11 is 0. The van der Waals surface area contributed by atoms with E-state index in [1.165, 1.54) is 24.3 Å². The highest BCUT2D eigenvalue weighted by atomic mass is 16.7. The number of carbonyl (C=O) groups excluding carboxylic acids is 3. The summed E-state index contributed by atoms with van der Waals surface area (Å²) in [6.07, 6.45) is 1.58. The molecule has 0 saturated carbocycles. The number of aromatic nitrogens is 1. The molecule has 0 unspecified atom stereocenters. The Kier molecular flexibility index (Phi) is 4.10. The van der Waals surface area contributed by atoms with E-state index in [2.05, 4.69) is 4.98 Å². The van der Waals surface area contributed by atoms with E-state index in [4.69, 9.17) is 9.57 Å². The Bertz CT molecular complexity index is 1010. The van der Waals surface area contributed by atoms with E-state index < -0.39 is 17.8 Å². The molecule has 7 nitrogen and oxygen atoms in total. The minimum absolute atomic E-state index is 0.125. The molecule has 27 heavy (non-hydrogen) atoms. The monoisotopic (exact) mass is 360 g/mol. The molecule has 7 heteroatoms. The maximum Gasteiger partial charge on any atom is 0.364 e. The Morgan fingerprint density at radius 3 is 2.22 bits per heavy atom. The van der Waals surface area contributed by atoms with Gasteiger partial charge >= 0.3 is 5.97 Å². The van der Waals surface area contributed by atoms with Crippen LogP contribution in [0.3, 0.4) is 0 Å². The predicted molar refractivity (Wildman–Crippen MR) is 93.1 cm³/mol. The zero-order valence-corrected chi connectivity index (χ0v) is 13.9. The summed E-state index contributed by atoms with van der Waals surface area (Å²) in [5, 5.41) is 0.472. The van der Waals surface area contributed by atoms with Crippen molar-refractivity contribution in [2.24, 2.45) is 0 Å². The summed E-state index contributed by atoms with van der Waals surface area (Å²) in [4.78, 5) is 46.0. The van der Waals surface area contributed by atoms with Crippen LogP contribution in [0.4, 0.5) is 0 Å². The summed E-state index contributed by atoms with van der Waals surface area (Å²) in [6.45, 7) is 0. The molecule has 3 aromatic rings. The van der Waals surface area contributed by atoms with E-state index in [0.717, 1.165) is 0 Å². The summed E-state index contributed by atoms with van der Waals surface area (Å²) in [5.74, 6) is -1.47.